The van der Waals surface area contributed by atoms with E-state index < -0.39 is 9.84 Å². The molecule has 0 amide bonds. The van der Waals surface area contributed by atoms with Crippen molar-refractivity contribution >= 4 is 25.8 Å². The number of rotatable bonds is 7. The average Bonchev–Trinajstić information content (AvgIpc) is 2.52. The van der Waals surface area contributed by atoms with E-state index in [1.807, 2.05) is 0 Å². The molecule has 0 atom stereocenters. The van der Waals surface area contributed by atoms with Gasteiger partial charge in [0.05, 0.1) is 10.6 Å². The van der Waals surface area contributed by atoms with Gasteiger partial charge in [-0.15, -0.1) is 0 Å². The second kappa shape index (κ2) is 8.60. The molecular weight excluding hydrogens is 376 g/mol. The molecule has 4 nitrogen and oxygen atoms in total. The van der Waals surface area contributed by atoms with Crippen LogP contribution in [-0.4, -0.2) is 64.2 Å². The van der Waals surface area contributed by atoms with E-state index in [0.717, 1.165) is 30.0 Å². The van der Waals surface area contributed by atoms with Gasteiger partial charge in [0, 0.05) is 11.0 Å². The van der Waals surface area contributed by atoms with Crippen molar-refractivity contribution in [2.75, 3.05) is 46.0 Å². The molecule has 1 heterocycles. The maximum absolute atomic E-state index is 12.4. The van der Waals surface area contributed by atoms with E-state index in [1.165, 1.54) is 19.3 Å². The first-order valence-electron chi connectivity index (χ1n) is 8.22. The molecule has 0 aliphatic carbocycles. The van der Waals surface area contributed by atoms with E-state index in [2.05, 4.69) is 39.8 Å². The Kier molecular flexibility index (Phi) is 7.07. The van der Waals surface area contributed by atoms with Crippen molar-refractivity contribution in [3.8, 4) is 0 Å². The SMILES string of the molecule is CN(C)CCC1CCN(CCS(=O)(=O)c2ccc(Br)cc2)CC1. The molecule has 1 aliphatic rings. The number of sulfone groups is 1. The van der Waals surface area contributed by atoms with Crippen molar-refractivity contribution in [2.24, 2.45) is 5.92 Å². The summed E-state index contributed by atoms with van der Waals surface area (Å²) in [6.07, 6.45) is 3.62. The van der Waals surface area contributed by atoms with Crippen LogP contribution in [-0.2, 0) is 9.84 Å². The van der Waals surface area contributed by atoms with E-state index in [0.29, 0.717) is 11.4 Å². The van der Waals surface area contributed by atoms with Crippen LogP contribution < -0.4 is 0 Å². The molecule has 6 heteroatoms. The first-order chi connectivity index (χ1) is 10.9. The molecule has 0 spiro atoms. The molecule has 0 radical (unpaired) electrons. The molecule has 1 saturated heterocycles. The third-order valence-corrected chi connectivity index (χ3v) is 6.78. The average molecular weight is 403 g/mol. The second-order valence-electron chi connectivity index (χ2n) is 6.65. The minimum Gasteiger partial charge on any atom is -0.309 e. The lowest BCUT2D eigenvalue weighted by molar-refractivity contribution is 0.179. The topological polar surface area (TPSA) is 40.6 Å². The summed E-state index contributed by atoms with van der Waals surface area (Å²) < 4.78 is 25.7. The summed E-state index contributed by atoms with van der Waals surface area (Å²) in [4.78, 5) is 4.95. The zero-order chi connectivity index (χ0) is 16.9. The van der Waals surface area contributed by atoms with Crippen LogP contribution in [0.15, 0.2) is 33.6 Å². The van der Waals surface area contributed by atoms with Crippen molar-refractivity contribution in [1.29, 1.82) is 0 Å². The standard InChI is InChI=1S/C17H27BrN2O2S/c1-19(2)10-7-15-8-11-20(12-9-15)13-14-23(21,22)17-5-3-16(18)4-6-17/h3-6,15H,7-14H2,1-2H3. The van der Waals surface area contributed by atoms with Gasteiger partial charge in [0.1, 0.15) is 0 Å². The fourth-order valence-corrected chi connectivity index (χ4v) is 4.50. The number of likely N-dealkylation sites (tertiary alicyclic amines) is 1. The number of hydrogen-bond donors (Lipinski definition) is 0. The number of piperidine rings is 1. The molecule has 130 valence electrons. The van der Waals surface area contributed by atoms with Crippen LogP contribution >= 0.6 is 15.9 Å². The summed E-state index contributed by atoms with van der Waals surface area (Å²) in [6.45, 7) is 3.82. The van der Waals surface area contributed by atoms with Crippen LogP contribution in [0.25, 0.3) is 0 Å². The number of nitrogens with zero attached hydrogens (tertiary/aromatic N) is 2. The van der Waals surface area contributed by atoms with Gasteiger partial charge in [0.15, 0.2) is 9.84 Å². The van der Waals surface area contributed by atoms with Gasteiger partial charge in [-0.2, -0.15) is 0 Å². The van der Waals surface area contributed by atoms with Crippen LogP contribution in [0.5, 0.6) is 0 Å². The van der Waals surface area contributed by atoms with Gasteiger partial charge in [-0.25, -0.2) is 8.42 Å². The maximum atomic E-state index is 12.4. The predicted molar refractivity (Wildman–Crippen MR) is 98.5 cm³/mol. The minimum absolute atomic E-state index is 0.205. The molecule has 0 unspecified atom stereocenters. The molecule has 0 saturated carbocycles. The van der Waals surface area contributed by atoms with Crippen molar-refractivity contribution in [3.63, 3.8) is 0 Å². The molecule has 0 N–H and O–H groups in total. The monoisotopic (exact) mass is 402 g/mol. The molecule has 1 aromatic rings. The molecule has 0 bridgehead atoms. The summed E-state index contributed by atoms with van der Waals surface area (Å²) in [6, 6.07) is 6.91. The van der Waals surface area contributed by atoms with E-state index in [9.17, 15) is 8.42 Å². The van der Waals surface area contributed by atoms with Crippen LogP contribution in [0, 0.1) is 5.92 Å². The van der Waals surface area contributed by atoms with Crippen LogP contribution in [0.4, 0.5) is 0 Å². The molecule has 0 aromatic heterocycles. The minimum atomic E-state index is -3.18. The molecule has 1 aromatic carbocycles. The Morgan fingerprint density at radius 3 is 2.35 bits per heavy atom. The van der Waals surface area contributed by atoms with Gasteiger partial charge >= 0.3 is 0 Å². The molecule has 23 heavy (non-hydrogen) atoms. The first kappa shape index (κ1) is 18.9. The van der Waals surface area contributed by atoms with Crippen molar-refractivity contribution in [2.45, 2.75) is 24.2 Å². The molecule has 1 aliphatic heterocycles. The van der Waals surface area contributed by atoms with Crippen molar-refractivity contribution < 1.29 is 8.42 Å². The Morgan fingerprint density at radius 2 is 1.78 bits per heavy atom. The maximum Gasteiger partial charge on any atom is 0.179 e. The fourth-order valence-electron chi connectivity index (χ4n) is 2.95. The largest absolute Gasteiger partial charge is 0.309 e. The highest BCUT2D eigenvalue weighted by molar-refractivity contribution is 9.10. The summed E-state index contributed by atoms with van der Waals surface area (Å²) in [7, 11) is 1.05. The lowest BCUT2D eigenvalue weighted by atomic mass is 9.93. The van der Waals surface area contributed by atoms with E-state index in [1.54, 1.807) is 24.3 Å². The lowest BCUT2D eigenvalue weighted by Gasteiger charge is -2.32. The quantitative estimate of drug-likeness (QED) is 0.702. The molecule has 2 rings (SSSR count). The smallest absolute Gasteiger partial charge is 0.179 e. The van der Waals surface area contributed by atoms with E-state index >= 15 is 0 Å². The zero-order valence-corrected chi connectivity index (χ0v) is 16.4. The molecular formula is C17H27BrN2O2S. The Hall–Kier alpha value is -0.430. The second-order valence-corrected chi connectivity index (χ2v) is 9.67. The zero-order valence-electron chi connectivity index (χ0n) is 14.0. The Balaban J connectivity index is 1.77. The van der Waals surface area contributed by atoms with Crippen molar-refractivity contribution in [3.05, 3.63) is 28.7 Å². The third-order valence-electron chi connectivity index (χ3n) is 4.54. The van der Waals surface area contributed by atoms with Crippen LogP contribution in [0.2, 0.25) is 0 Å². The summed E-state index contributed by atoms with van der Waals surface area (Å²) in [5.41, 5.74) is 0. The number of hydrogen-bond acceptors (Lipinski definition) is 4. The highest BCUT2D eigenvalue weighted by Gasteiger charge is 2.21. The van der Waals surface area contributed by atoms with Crippen LogP contribution in [0.1, 0.15) is 19.3 Å². The first-order valence-corrected chi connectivity index (χ1v) is 10.7. The molecule has 1 fully saturated rings. The summed E-state index contributed by atoms with van der Waals surface area (Å²) >= 11 is 3.33. The lowest BCUT2D eigenvalue weighted by Crippen LogP contribution is -2.37. The van der Waals surface area contributed by atoms with E-state index in [4.69, 9.17) is 0 Å². The highest BCUT2D eigenvalue weighted by Crippen LogP contribution is 2.21. The van der Waals surface area contributed by atoms with Gasteiger partial charge in [0.25, 0.3) is 0 Å². The fraction of sp³-hybridized carbons (Fsp3) is 0.647. The van der Waals surface area contributed by atoms with E-state index in [-0.39, 0.29) is 5.75 Å². The van der Waals surface area contributed by atoms with Crippen molar-refractivity contribution in [1.82, 2.24) is 9.80 Å². The Morgan fingerprint density at radius 1 is 1.17 bits per heavy atom. The van der Waals surface area contributed by atoms with Gasteiger partial charge < -0.3 is 9.80 Å². The summed E-state index contributed by atoms with van der Waals surface area (Å²) in [5, 5.41) is 0. The Labute approximate surface area is 148 Å². The Bertz CT molecular complexity index is 579. The van der Waals surface area contributed by atoms with Gasteiger partial charge in [0.2, 0.25) is 0 Å². The highest BCUT2D eigenvalue weighted by atomic mass is 79.9. The normalized spacial score (nSPS) is 17.7. The predicted octanol–water partition coefficient (Wildman–Crippen LogP) is 2.89. The van der Waals surface area contributed by atoms with Gasteiger partial charge in [-0.1, -0.05) is 15.9 Å². The summed E-state index contributed by atoms with van der Waals surface area (Å²) in [5.74, 6) is 0.994. The third kappa shape index (κ3) is 6.18. The van der Waals surface area contributed by atoms with Gasteiger partial charge in [-0.05, 0) is 83.2 Å². The van der Waals surface area contributed by atoms with Crippen LogP contribution in [0.3, 0.4) is 0 Å². The van der Waals surface area contributed by atoms with Gasteiger partial charge in [-0.3, -0.25) is 0 Å². The number of halogens is 1. The number of benzene rings is 1.